The van der Waals surface area contributed by atoms with Crippen LogP contribution in [0.15, 0.2) is 36.7 Å². The first-order valence-electron chi connectivity index (χ1n) is 11.8. The number of hydrogen-bond donors (Lipinski definition) is 0. The van der Waals surface area contributed by atoms with E-state index in [2.05, 4.69) is 16.3 Å². The van der Waals surface area contributed by atoms with Gasteiger partial charge in [0.15, 0.2) is 5.65 Å². The Labute approximate surface area is 201 Å². The van der Waals surface area contributed by atoms with E-state index in [4.69, 9.17) is 19.4 Å². The lowest BCUT2D eigenvalue weighted by molar-refractivity contribution is 0.00396. The molecule has 0 radical (unpaired) electrons. The van der Waals surface area contributed by atoms with Crippen molar-refractivity contribution in [3.8, 4) is 17.0 Å². The first kappa shape index (κ1) is 22.0. The second-order valence-corrected chi connectivity index (χ2v) is 9.27. The summed E-state index contributed by atoms with van der Waals surface area (Å²) >= 11 is 0. The number of pyridine rings is 1. The van der Waals surface area contributed by atoms with Gasteiger partial charge in [-0.1, -0.05) is 0 Å². The summed E-state index contributed by atoms with van der Waals surface area (Å²) in [7, 11) is 1.55. The molecule has 2 fully saturated rings. The summed E-state index contributed by atoms with van der Waals surface area (Å²) in [6.07, 6.45) is 7.59. The standard InChI is InChI=1S/C26H25F2N5O2/c1-14-22(34-2)11-20-24(19-6-3-17(27)10-21(19)28)31-25(32-26(20)30-14)15-7-8-35-23(9-15)16-12-29-33(13-16)18-4-5-18/h3,6,10-13,15,18,23H,4-5,7-9H2,1-2H3/t15-,23+/m1/s1. The van der Waals surface area contributed by atoms with Crippen molar-refractivity contribution in [1.29, 1.82) is 0 Å². The van der Waals surface area contributed by atoms with E-state index in [1.54, 1.807) is 13.2 Å². The van der Waals surface area contributed by atoms with E-state index in [9.17, 15) is 8.78 Å². The maximum absolute atomic E-state index is 14.9. The fraction of sp³-hybridized carbons (Fsp3) is 0.385. The average molecular weight is 478 g/mol. The smallest absolute Gasteiger partial charge is 0.163 e. The van der Waals surface area contributed by atoms with Gasteiger partial charge in [0.25, 0.3) is 0 Å². The number of hydrogen-bond acceptors (Lipinski definition) is 6. The Balaban J connectivity index is 1.42. The van der Waals surface area contributed by atoms with Crippen molar-refractivity contribution in [2.75, 3.05) is 13.7 Å². The molecule has 2 atom stereocenters. The monoisotopic (exact) mass is 477 g/mol. The fourth-order valence-electron chi connectivity index (χ4n) is 4.74. The number of methoxy groups -OCH3 is 1. The quantitative estimate of drug-likeness (QED) is 0.380. The molecule has 9 heteroatoms. The SMILES string of the molecule is COc1cc2c(-c3ccc(F)cc3F)nc([C@@H]3CCO[C@H](c4cnn(C5CC5)c4)C3)nc2nc1C. The topological polar surface area (TPSA) is 75.0 Å². The lowest BCUT2D eigenvalue weighted by atomic mass is 9.92. The molecule has 6 rings (SSSR count). The van der Waals surface area contributed by atoms with Gasteiger partial charge in [0, 0.05) is 41.3 Å². The lowest BCUT2D eigenvalue weighted by Gasteiger charge is -2.28. The van der Waals surface area contributed by atoms with E-state index in [1.165, 1.54) is 25.0 Å². The Morgan fingerprint density at radius 2 is 1.94 bits per heavy atom. The largest absolute Gasteiger partial charge is 0.495 e. The third-order valence-electron chi connectivity index (χ3n) is 6.82. The zero-order valence-corrected chi connectivity index (χ0v) is 19.5. The molecule has 3 aromatic heterocycles. The lowest BCUT2D eigenvalue weighted by Crippen LogP contribution is -2.20. The van der Waals surface area contributed by atoms with Gasteiger partial charge in [-0.25, -0.2) is 23.7 Å². The van der Waals surface area contributed by atoms with Crippen molar-refractivity contribution in [1.82, 2.24) is 24.7 Å². The van der Waals surface area contributed by atoms with Crippen LogP contribution in [0.4, 0.5) is 8.78 Å². The molecular weight excluding hydrogens is 452 g/mol. The fourth-order valence-corrected chi connectivity index (χ4v) is 4.74. The maximum Gasteiger partial charge on any atom is 0.163 e. The Bertz CT molecular complexity index is 1420. The second-order valence-electron chi connectivity index (χ2n) is 9.27. The molecule has 1 aromatic carbocycles. The Morgan fingerprint density at radius 3 is 2.71 bits per heavy atom. The molecule has 2 aliphatic rings. The van der Waals surface area contributed by atoms with E-state index in [0.717, 1.165) is 18.1 Å². The first-order chi connectivity index (χ1) is 17.0. The van der Waals surface area contributed by atoms with Gasteiger partial charge in [-0.05, 0) is 50.8 Å². The highest BCUT2D eigenvalue weighted by atomic mass is 19.1. The average Bonchev–Trinajstić information content (AvgIpc) is 3.59. The van der Waals surface area contributed by atoms with Gasteiger partial charge < -0.3 is 9.47 Å². The number of fused-ring (bicyclic) bond motifs is 1. The van der Waals surface area contributed by atoms with Crippen LogP contribution in [-0.4, -0.2) is 38.4 Å². The summed E-state index contributed by atoms with van der Waals surface area (Å²) in [5.74, 6) is -0.204. The molecule has 180 valence electrons. The third-order valence-corrected chi connectivity index (χ3v) is 6.82. The van der Waals surface area contributed by atoms with Gasteiger partial charge in [0.05, 0.1) is 36.8 Å². The molecule has 1 aliphatic heterocycles. The molecule has 35 heavy (non-hydrogen) atoms. The van der Waals surface area contributed by atoms with Gasteiger partial charge in [-0.2, -0.15) is 5.10 Å². The Kier molecular flexibility index (Phi) is 5.44. The zero-order chi connectivity index (χ0) is 24.1. The van der Waals surface area contributed by atoms with Gasteiger partial charge in [-0.3, -0.25) is 4.68 Å². The number of ether oxygens (including phenoxy) is 2. The molecule has 0 spiro atoms. The normalized spacial score (nSPS) is 20.3. The van der Waals surface area contributed by atoms with E-state index in [0.29, 0.717) is 53.1 Å². The van der Waals surface area contributed by atoms with E-state index in [1.807, 2.05) is 17.8 Å². The van der Waals surface area contributed by atoms with Gasteiger partial charge in [0.1, 0.15) is 23.2 Å². The predicted molar refractivity (Wildman–Crippen MR) is 125 cm³/mol. The highest BCUT2D eigenvalue weighted by molar-refractivity contribution is 5.91. The minimum atomic E-state index is -0.687. The molecule has 1 saturated carbocycles. The van der Waals surface area contributed by atoms with E-state index in [-0.39, 0.29) is 17.6 Å². The van der Waals surface area contributed by atoms with Crippen LogP contribution in [0.1, 0.15) is 60.8 Å². The van der Waals surface area contributed by atoms with Crippen molar-refractivity contribution in [3.05, 3.63) is 65.4 Å². The van der Waals surface area contributed by atoms with E-state index >= 15 is 0 Å². The number of aromatic nitrogens is 5. The van der Waals surface area contributed by atoms with Gasteiger partial charge in [-0.15, -0.1) is 0 Å². The van der Waals surface area contributed by atoms with Gasteiger partial charge in [0.2, 0.25) is 0 Å². The summed E-state index contributed by atoms with van der Waals surface area (Å²) in [4.78, 5) is 14.2. The maximum atomic E-state index is 14.9. The minimum absolute atomic E-state index is 0.00566. The van der Waals surface area contributed by atoms with Crippen LogP contribution in [0, 0.1) is 18.6 Å². The molecule has 1 aliphatic carbocycles. The van der Waals surface area contributed by atoms with Gasteiger partial charge >= 0.3 is 0 Å². The Morgan fingerprint density at radius 1 is 1.09 bits per heavy atom. The number of halogens is 2. The summed E-state index contributed by atoms with van der Waals surface area (Å²) in [6.45, 7) is 2.39. The first-order valence-corrected chi connectivity index (χ1v) is 11.8. The van der Waals surface area contributed by atoms with Crippen LogP contribution in [-0.2, 0) is 4.74 Å². The van der Waals surface area contributed by atoms with Crippen LogP contribution >= 0.6 is 0 Å². The number of nitrogens with zero attached hydrogens (tertiary/aromatic N) is 5. The number of benzene rings is 1. The van der Waals surface area contributed by atoms with Crippen LogP contribution in [0.2, 0.25) is 0 Å². The summed E-state index contributed by atoms with van der Waals surface area (Å²) in [5, 5.41) is 5.05. The molecule has 4 heterocycles. The molecule has 4 aromatic rings. The molecule has 7 nitrogen and oxygen atoms in total. The summed E-state index contributed by atoms with van der Waals surface area (Å²) in [5.41, 5.74) is 2.75. The van der Waals surface area contributed by atoms with Crippen LogP contribution in [0.25, 0.3) is 22.3 Å². The third kappa shape index (κ3) is 4.14. The van der Waals surface area contributed by atoms with Crippen LogP contribution in [0.3, 0.4) is 0 Å². The molecule has 0 bridgehead atoms. The predicted octanol–water partition coefficient (Wildman–Crippen LogP) is 5.45. The molecular formula is C26H25F2N5O2. The van der Waals surface area contributed by atoms with Crippen molar-refractivity contribution >= 4 is 11.0 Å². The number of rotatable bonds is 5. The second kappa shape index (κ2) is 8.64. The highest BCUT2D eigenvalue weighted by Crippen LogP contribution is 2.40. The Hall–Kier alpha value is -3.46. The summed E-state index contributed by atoms with van der Waals surface area (Å²) < 4.78 is 42.0. The van der Waals surface area contributed by atoms with Crippen LogP contribution < -0.4 is 4.74 Å². The van der Waals surface area contributed by atoms with Crippen LogP contribution in [0.5, 0.6) is 5.75 Å². The van der Waals surface area contributed by atoms with Crippen molar-refractivity contribution in [2.45, 2.75) is 50.7 Å². The highest BCUT2D eigenvalue weighted by Gasteiger charge is 2.31. The van der Waals surface area contributed by atoms with Crippen molar-refractivity contribution < 1.29 is 18.3 Å². The molecule has 0 N–H and O–H groups in total. The molecule has 0 amide bonds. The number of aryl methyl sites for hydroxylation is 1. The summed E-state index contributed by atoms with van der Waals surface area (Å²) in [6, 6.07) is 5.77. The van der Waals surface area contributed by atoms with Crippen molar-refractivity contribution in [2.24, 2.45) is 0 Å². The van der Waals surface area contributed by atoms with E-state index < -0.39 is 11.6 Å². The minimum Gasteiger partial charge on any atom is -0.495 e. The molecule has 1 saturated heterocycles. The van der Waals surface area contributed by atoms with Crippen molar-refractivity contribution in [3.63, 3.8) is 0 Å². The zero-order valence-electron chi connectivity index (χ0n) is 19.5. The molecule has 0 unspecified atom stereocenters.